The molecule has 1 aliphatic rings. The van der Waals surface area contributed by atoms with E-state index in [9.17, 15) is 0 Å². The van der Waals surface area contributed by atoms with Crippen LogP contribution in [0.15, 0.2) is 180 Å². The van der Waals surface area contributed by atoms with Crippen LogP contribution < -0.4 is 4.90 Å². The molecule has 1 atom stereocenters. The van der Waals surface area contributed by atoms with Gasteiger partial charge in [0, 0.05) is 53.7 Å². The number of allylic oxidation sites excluding steroid dienone is 3. The van der Waals surface area contributed by atoms with Crippen LogP contribution >= 0.6 is 11.3 Å². The number of hydrogen-bond donors (Lipinski definition) is 0. The summed E-state index contributed by atoms with van der Waals surface area (Å²) in [6.45, 7) is 0. The maximum atomic E-state index is 6.79. The van der Waals surface area contributed by atoms with Crippen LogP contribution in [-0.2, 0) is 0 Å². The summed E-state index contributed by atoms with van der Waals surface area (Å²) in [6, 6.07) is 61.6. The molecule has 0 aliphatic heterocycles. The van der Waals surface area contributed by atoms with Gasteiger partial charge in [0.25, 0.3) is 0 Å². The molecule has 0 radical (unpaired) electrons. The minimum atomic E-state index is 0.243. The molecule has 11 rings (SSSR count). The van der Waals surface area contributed by atoms with Gasteiger partial charge in [0.15, 0.2) is 5.58 Å². The molecule has 0 bridgehead atoms. The van der Waals surface area contributed by atoms with Gasteiger partial charge < -0.3 is 4.42 Å². The average molecular weight is 694 g/mol. The van der Waals surface area contributed by atoms with E-state index in [2.05, 4.69) is 181 Å². The highest BCUT2D eigenvalue weighted by Crippen LogP contribution is 2.47. The lowest BCUT2D eigenvalue weighted by Crippen LogP contribution is -2.18. The summed E-state index contributed by atoms with van der Waals surface area (Å²) in [5.74, 6) is 0.243. The minimum Gasteiger partial charge on any atom is -0.454 e. The monoisotopic (exact) mass is 693 g/mol. The maximum absolute atomic E-state index is 6.79. The van der Waals surface area contributed by atoms with E-state index in [0.29, 0.717) is 0 Å². The van der Waals surface area contributed by atoms with Crippen LogP contribution in [0.2, 0.25) is 0 Å². The molecule has 1 aliphatic carbocycles. The van der Waals surface area contributed by atoms with E-state index in [1.54, 1.807) is 0 Å². The zero-order chi connectivity index (χ0) is 34.9. The van der Waals surface area contributed by atoms with Crippen molar-refractivity contribution in [2.75, 3.05) is 4.90 Å². The molecule has 10 aromatic rings. The minimum absolute atomic E-state index is 0.243. The van der Waals surface area contributed by atoms with Crippen LogP contribution in [0.25, 0.3) is 74.8 Å². The van der Waals surface area contributed by atoms with Crippen molar-refractivity contribution in [1.29, 1.82) is 0 Å². The smallest absolute Gasteiger partial charge is 0.160 e. The summed E-state index contributed by atoms with van der Waals surface area (Å²) in [5.41, 5.74) is 8.22. The lowest BCUT2D eigenvalue weighted by atomic mass is 9.91. The number of anilines is 2. The van der Waals surface area contributed by atoms with Crippen molar-refractivity contribution in [3.05, 3.63) is 193 Å². The first kappa shape index (κ1) is 30.1. The molecule has 53 heavy (non-hydrogen) atoms. The van der Waals surface area contributed by atoms with E-state index in [4.69, 9.17) is 4.42 Å². The maximum Gasteiger partial charge on any atom is 0.160 e. The molecule has 2 nitrogen and oxygen atoms in total. The van der Waals surface area contributed by atoms with Crippen LogP contribution in [0.4, 0.5) is 11.4 Å². The third kappa shape index (κ3) is 4.81. The fourth-order valence-electron chi connectivity index (χ4n) is 8.32. The molecule has 0 amide bonds. The molecule has 2 aromatic heterocycles. The topological polar surface area (TPSA) is 16.4 Å². The number of furan rings is 1. The summed E-state index contributed by atoms with van der Waals surface area (Å²) >= 11 is 1.86. The van der Waals surface area contributed by atoms with Crippen molar-refractivity contribution in [3.8, 4) is 11.1 Å². The van der Waals surface area contributed by atoms with Gasteiger partial charge >= 0.3 is 0 Å². The molecule has 248 valence electrons. The Kier molecular flexibility index (Phi) is 6.80. The van der Waals surface area contributed by atoms with Crippen molar-refractivity contribution in [2.45, 2.75) is 12.3 Å². The Morgan fingerprint density at radius 2 is 1.32 bits per heavy atom. The van der Waals surface area contributed by atoms with Crippen LogP contribution in [-0.4, -0.2) is 0 Å². The van der Waals surface area contributed by atoms with E-state index in [1.807, 2.05) is 17.4 Å². The summed E-state index contributed by atoms with van der Waals surface area (Å²) < 4.78 is 9.36. The number of nitrogens with zero attached hydrogens (tertiary/aromatic N) is 1. The van der Waals surface area contributed by atoms with Crippen molar-refractivity contribution in [2.24, 2.45) is 0 Å². The van der Waals surface area contributed by atoms with Gasteiger partial charge in [-0.1, -0.05) is 133 Å². The van der Waals surface area contributed by atoms with E-state index in [-0.39, 0.29) is 5.92 Å². The molecule has 0 saturated heterocycles. The predicted octanol–water partition coefficient (Wildman–Crippen LogP) is 14.3. The van der Waals surface area contributed by atoms with Crippen molar-refractivity contribution < 1.29 is 4.42 Å². The summed E-state index contributed by atoms with van der Waals surface area (Å²) in [7, 11) is 0. The molecule has 3 heteroatoms. The van der Waals surface area contributed by atoms with Crippen LogP contribution in [0, 0.1) is 12.1 Å². The standard InChI is InChI=1S/C50H31NOS/c1-2-13-32(14-3-1)34-17-12-18-38(29-34)51(44-31-36-16-5-6-19-39(36)47-41-21-8-10-23-45(41)52-49(44)47)37-27-25-33(26-28-37)43-30-35-15-4-7-20-40(35)48-42-22-9-11-24-46(42)53-50(43)48/h1-16,18-25,27,29-31,34H,17H2. The Labute approximate surface area is 311 Å². The summed E-state index contributed by atoms with van der Waals surface area (Å²) in [4.78, 5) is 2.32. The van der Waals surface area contributed by atoms with Gasteiger partial charge in [-0.15, -0.1) is 11.3 Å². The Bertz CT molecular complexity index is 3090. The van der Waals surface area contributed by atoms with E-state index < -0.39 is 0 Å². The van der Waals surface area contributed by atoms with Crippen LogP contribution in [0.3, 0.4) is 0 Å². The second kappa shape index (κ2) is 12.0. The Morgan fingerprint density at radius 3 is 2.13 bits per heavy atom. The number of benzene rings is 7. The predicted molar refractivity (Wildman–Crippen MR) is 224 cm³/mol. The first-order valence-corrected chi connectivity index (χ1v) is 18.9. The molecule has 2 heterocycles. The fourth-order valence-corrected chi connectivity index (χ4v) is 9.56. The largest absolute Gasteiger partial charge is 0.454 e. The molecule has 0 spiro atoms. The van der Waals surface area contributed by atoms with Gasteiger partial charge in [-0.25, -0.2) is 0 Å². The van der Waals surface area contributed by atoms with Crippen molar-refractivity contribution in [1.82, 2.24) is 0 Å². The second-order valence-corrected chi connectivity index (χ2v) is 14.9. The number of rotatable bonds is 5. The highest BCUT2D eigenvalue weighted by Gasteiger charge is 2.25. The van der Waals surface area contributed by atoms with Gasteiger partial charge in [-0.3, -0.25) is 4.90 Å². The molecule has 1 unspecified atom stereocenters. The van der Waals surface area contributed by atoms with Gasteiger partial charge in [0.05, 0.1) is 11.4 Å². The van der Waals surface area contributed by atoms with Gasteiger partial charge in [0.1, 0.15) is 5.58 Å². The SMILES string of the molecule is c1c(-c2cc3ccccc3c3c2sc2ccccc23)ccc(N(C2=CC(c3ccccc3)CC=C2)c2cc3ccccc3c3c2oc2ccccc23)c#1. The number of hydrogen-bond acceptors (Lipinski definition) is 3. The van der Waals surface area contributed by atoms with Gasteiger partial charge in [0.2, 0.25) is 0 Å². The fraction of sp³-hybridized carbons (Fsp3) is 0.0400. The normalized spacial score (nSPS) is 14.4. The van der Waals surface area contributed by atoms with Crippen molar-refractivity contribution >= 4 is 86.4 Å². The lowest BCUT2D eigenvalue weighted by Gasteiger charge is -2.29. The molecular formula is C50H31NOS. The summed E-state index contributed by atoms with van der Waals surface area (Å²) in [5, 5.41) is 9.71. The first-order chi connectivity index (χ1) is 26.3. The third-order valence-electron chi connectivity index (χ3n) is 10.8. The average Bonchev–Trinajstić information content (AvgIpc) is 3.82. The molecule has 0 N–H and O–H groups in total. The number of thiophene rings is 1. The number of para-hydroxylation sites is 1. The summed E-state index contributed by atoms with van der Waals surface area (Å²) in [6.07, 6.45) is 7.88. The lowest BCUT2D eigenvalue weighted by molar-refractivity contribution is 0.669. The highest BCUT2D eigenvalue weighted by atomic mass is 32.1. The zero-order valence-corrected chi connectivity index (χ0v) is 29.5. The van der Waals surface area contributed by atoms with E-state index in [1.165, 1.54) is 47.5 Å². The van der Waals surface area contributed by atoms with E-state index >= 15 is 0 Å². The Hall–Kier alpha value is -6.60. The first-order valence-electron chi connectivity index (χ1n) is 18.1. The quantitative estimate of drug-likeness (QED) is 0.178. The zero-order valence-electron chi connectivity index (χ0n) is 28.7. The Morgan fingerprint density at radius 1 is 0.623 bits per heavy atom. The van der Waals surface area contributed by atoms with Gasteiger partial charge in [-0.2, -0.15) is 0 Å². The van der Waals surface area contributed by atoms with Crippen molar-refractivity contribution in [3.63, 3.8) is 0 Å². The third-order valence-corrected chi connectivity index (χ3v) is 12.0. The molecule has 8 aromatic carbocycles. The van der Waals surface area contributed by atoms with Gasteiger partial charge in [-0.05, 0) is 82.1 Å². The number of fused-ring (bicyclic) bond motifs is 10. The molecular weight excluding hydrogens is 663 g/mol. The van der Waals surface area contributed by atoms with E-state index in [0.717, 1.165) is 56.4 Å². The Balaban J connectivity index is 1.14. The molecule has 0 saturated carbocycles. The highest BCUT2D eigenvalue weighted by molar-refractivity contribution is 7.26. The van der Waals surface area contributed by atoms with Crippen LogP contribution in [0.5, 0.6) is 0 Å². The second-order valence-electron chi connectivity index (χ2n) is 13.8. The molecule has 0 fully saturated rings. The van der Waals surface area contributed by atoms with Crippen LogP contribution in [0.1, 0.15) is 17.9 Å².